The quantitative estimate of drug-likeness (QED) is 0.933. The van der Waals surface area contributed by atoms with Crippen LogP contribution in [0.4, 0.5) is 0 Å². The van der Waals surface area contributed by atoms with E-state index in [-0.39, 0.29) is 0 Å². The highest BCUT2D eigenvalue weighted by Crippen LogP contribution is 2.34. The number of imidazole rings is 1. The number of carbonyl (C=O) groups is 1. The maximum absolute atomic E-state index is 11.2. The second kappa shape index (κ2) is 5.72. The Labute approximate surface area is 128 Å². The average molecular weight is 304 g/mol. The van der Waals surface area contributed by atoms with Crippen LogP contribution in [0.1, 0.15) is 54.8 Å². The molecule has 1 N–H and O–H groups in total. The average Bonchev–Trinajstić information content (AvgIpc) is 2.86. The van der Waals surface area contributed by atoms with Crippen LogP contribution >= 0.6 is 11.8 Å². The Bertz CT molecular complexity index is 672. The van der Waals surface area contributed by atoms with Gasteiger partial charge in [-0.1, -0.05) is 13.8 Å². The molecule has 0 amide bonds. The standard InChI is InChI=1S/C16H20N2O2S/c1-10(2)15-17-13-4-3-11(16(19)20)9-14(13)18(15)12-5-7-21-8-6-12/h3-4,9-10,12H,5-8H2,1-2H3,(H,19,20). The third kappa shape index (κ3) is 2.67. The van der Waals surface area contributed by atoms with Crippen molar-refractivity contribution in [3.63, 3.8) is 0 Å². The zero-order valence-electron chi connectivity index (χ0n) is 12.4. The minimum atomic E-state index is -0.880. The van der Waals surface area contributed by atoms with Crippen molar-refractivity contribution in [2.75, 3.05) is 11.5 Å². The Balaban J connectivity index is 2.18. The monoisotopic (exact) mass is 304 g/mol. The highest BCUT2D eigenvalue weighted by Gasteiger charge is 2.23. The third-order valence-corrected chi connectivity index (χ3v) is 5.08. The van der Waals surface area contributed by atoms with Crippen LogP contribution in [-0.2, 0) is 0 Å². The number of thioether (sulfide) groups is 1. The summed E-state index contributed by atoms with van der Waals surface area (Å²) in [7, 11) is 0. The summed E-state index contributed by atoms with van der Waals surface area (Å²) in [5, 5.41) is 9.23. The van der Waals surface area contributed by atoms with Gasteiger partial charge >= 0.3 is 5.97 Å². The highest BCUT2D eigenvalue weighted by molar-refractivity contribution is 7.99. The molecule has 21 heavy (non-hydrogen) atoms. The predicted octanol–water partition coefficient (Wildman–Crippen LogP) is 3.93. The van der Waals surface area contributed by atoms with Gasteiger partial charge < -0.3 is 9.67 Å². The van der Waals surface area contributed by atoms with Crippen molar-refractivity contribution in [3.05, 3.63) is 29.6 Å². The summed E-state index contributed by atoms with van der Waals surface area (Å²) in [6.07, 6.45) is 2.26. The molecule has 0 radical (unpaired) electrons. The lowest BCUT2D eigenvalue weighted by Gasteiger charge is -2.26. The summed E-state index contributed by atoms with van der Waals surface area (Å²) in [6.45, 7) is 4.29. The lowest BCUT2D eigenvalue weighted by Crippen LogP contribution is -2.18. The maximum atomic E-state index is 11.2. The van der Waals surface area contributed by atoms with Gasteiger partial charge in [-0.05, 0) is 42.5 Å². The van der Waals surface area contributed by atoms with E-state index >= 15 is 0 Å². The summed E-state index contributed by atoms with van der Waals surface area (Å²) in [4.78, 5) is 16.0. The smallest absolute Gasteiger partial charge is 0.335 e. The molecule has 2 heterocycles. The molecule has 1 fully saturated rings. The number of fused-ring (bicyclic) bond motifs is 1. The number of hydrogen-bond acceptors (Lipinski definition) is 3. The first-order valence-corrected chi connectivity index (χ1v) is 8.56. The fourth-order valence-electron chi connectivity index (χ4n) is 2.98. The van der Waals surface area contributed by atoms with E-state index < -0.39 is 5.97 Å². The Hall–Kier alpha value is -1.49. The predicted molar refractivity (Wildman–Crippen MR) is 86.4 cm³/mol. The Morgan fingerprint density at radius 1 is 1.38 bits per heavy atom. The fraction of sp³-hybridized carbons (Fsp3) is 0.500. The molecular formula is C16H20N2O2S. The van der Waals surface area contributed by atoms with Gasteiger partial charge in [-0.25, -0.2) is 9.78 Å². The lowest BCUT2D eigenvalue weighted by molar-refractivity contribution is 0.0697. The minimum Gasteiger partial charge on any atom is -0.478 e. The van der Waals surface area contributed by atoms with E-state index in [1.807, 2.05) is 17.8 Å². The summed E-state index contributed by atoms with van der Waals surface area (Å²) >= 11 is 2.00. The van der Waals surface area contributed by atoms with Crippen molar-refractivity contribution in [2.45, 2.75) is 38.6 Å². The van der Waals surface area contributed by atoms with Crippen LogP contribution in [0.5, 0.6) is 0 Å². The Kier molecular flexibility index (Phi) is 3.93. The molecule has 0 aliphatic carbocycles. The van der Waals surface area contributed by atoms with Crippen LogP contribution in [-0.4, -0.2) is 32.1 Å². The van der Waals surface area contributed by atoms with Gasteiger partial charge in [0.2, 0.25) is 0 Å². The van der Waals surface area contributed by atoms with Crippen molar-refractivity contribution in [1.29, 1.82) is 0 Å². The number of carboxylic acids is 1. The molecule has 1 saturated heterocycles. The van der Waals surface area contributed by atoms with Crippen molar-refractivity contribution >= 4 is 28.8 Å². The molecule has 0 spiro atoms. The van der Waals surface area contributed by atoms with Crippen LogP contribution in [0, 0.1) is 0 Å². The molecule has 5 heteroatoms. The third-order valence-electron chi connectivity index (χ3n) is 4.04. The van der Waals surface area contributed by atoms with Crippen LogP contribution < -0.4 is 0 Å². The van der Waals surface area contributed by atoms with Gasteiger partial charge in [0.15, 0.2) is 0 Å². The topological polar surface area (TPSA) is 55.1 Å². The van der Waals surface area contributed by atoms with Gasteiger partial charge in [0.05, 0.1) is 16.6 Å². The largest absolute Gasteiger partial charge is 0.478 e. The first kappa shape index (κ1) is 14.4. The maximum Gasteiger partial charge on any atom is 0.335 e. The van der Waals surface area contributed by atoms with Crippen molar-refractivity contribution in [2.24, 2.45) is 0 Å². The fourth-order valence-corrected chi connectivity index (χ4v) is 4.06. The summed E-state index contributed by atoms with van der Waals surface area (Å²) < 4.78 is 2.30. The molecule has 2 aromatic rings. The van der Waals surface area contributed by atoms with Gasteiger partial charge in [0.25, 0.3) is 0 Å². The van der Waals surface area contributed by atoms with E-state index in [1.165, 1.54) is 11.5 Å². The van der Waals surface area contributed by atoms with Crippen molar-refractivity contribution < 1.29 is 9.90 Å². The number of aromatic nitrogens is 2. The molecule has 1 aromatic heterocycles. The van der Waals surface area contributed by atoms with Crippen LogP contribution in [0.2, 0.25) is 0 Å². The zero-order valence-corrected chi connectivity index (χ0v) is 13.2. The van der Waals surface area contributed by atoms with Gasteiger partial charge in [0.1, 0.15) is 5.82 Å². The van der Waals surface area contributed by atoms with E-state index in [1.54, 1.807) is 12.1 Å². The van der Waals surface area contributed by atoms with Crippen molar-refractivity contribution in [3.8, 4) is 0 Å². The zero-order chi connectivity index (χ0) is 15.0. The van der Waals surface area contributed by atoms with E-state index in [0.29, 0.717) is 17.5 Å². The molecule has 112 valence electrons. The minimum absolute atomic E-state index is 0.334. The molecule has 1 aliphatic rings. The van der Waals surface area contributed by atoms with Crippen LogP contribution in [0.15, 0.2) is 18.2 Å². The van der Waals surface area contributed by atoms with E-state index in [2.05, 4.69) is 18.4 Å². The molecular weight excluding hydrogens is 284 g/mol. The Morgan fingerprint density at radius 2 is 2.10 bits per heavy atom. The number of aromatic carboxylic acids is 1. The van der Waals surface area contributed by atoms with Gasteiger partial charge in [-0.3, -0.25) is 0 Å². The van der Waals surface area contributed by atoms with E-state index in [0.717, 1.165) is 29.7 Å². The molecule has 3 rings (SSSR count). The normalized spacial score (nSPS) is 16.7. The molecule has 0 saturated carbocycles. The number of carboxylic acid groups (broad SMARTS) is 1. The van der Waals surface area contributed by atoms with Gasteiger partial charge in [-0.2, -0.15) is 11.8 Å². The van der Waals surface area contributed by atoms with E-state index in [4.69, 9.17) is 4.98 Å². The summed E-state index contributed by atoms with van der Waals surface area (Å²) in [5.41, 5.74) is 2.21. The molecule has 0 bridgehead atoms. The molecule has 1 aliphatic heterocycles. The lowest BCUT2D eigenvalue weighted by atomic mass is 10.1. The van der Waals surface area contributed by atoms with Crippen LogP contribution in [0.3, 0.4) is 0 Å². The number of rotatable bonds is 3. The second-order valence-electron chi connectivity index (χ2n) is 5.85. The molecule has 0 atom stereocenters. The van der Waals surface area contributed by atoms with Gasteiger partial charge in [-0.15, -0.1) is 0 Å². The van der Waals surface area contributed by atoms with Gasteiger partial charge in [0, 0.05) is 12.0 Å². The van der Waals surface area contributed by atoms with Crippen LogP contribution in [0.25, 0.3) is 11.0 Å². The first-order chi connectivity index (χ1) is 10.1. The Morgan fingerprint density at radius 3 is 2.71 bits per heavy atom. The highest BCUT2D eigenvalue weighted by atomic mass is 32.2. The van der Waals surface area contributed by atoms with E-state index in [9.17, 15) is 9.90 Å². The number of nitrogens with zero attached hydrogens (tertiary/aromatic N) is 2. The molecule has 0 unspecified atom stereocenters. The first-order valence-electron chi connectivity index (χ1n) is 7.41. The number of benzene rings is 1. The molecule has 4 nitrogen and oxygen atoms in total. The summed E-state index contributed by atoms with van der Waals surface area (Å²) in [6, 6.07) is 5.69. The summed E-state index contributed by atoms with van der Waals surface area (Å²) in [5.74, 6) is 2.86. The second-order valence-corrected chi connectivity index (χ2v) is 7.07. The van der Waals surface area contributed by atoms with Crippen molar-refractivity contribution in [1.82, 2.24) is 9.55 Å². The SMILES string of the molecule is CC(C)c1nc2ccc(C(=O)O)cc2n1C1CCSCC1. The molecule has 1 aromatic carbocycles. The number of hydrogen-bond donors (Lipinski definition) is 1.